The molecule has 23 heavy (non-hydrogen) atoms. The van der Waals surface area contributed by atoms with Gasteiger partial charge in [-0.15, -0.1) is 0 Å². The fourth-order valence-corrected chi connectivity index (χ4v) is 3.05. The second kappa shape index (κ2) is 4.23. The smallest absolute Gasteiger partial charge is 0.229 e. The van der Waals surface area contributed by atoms with Gasteiger partial charge in [0.15, 0.2) is 22.9 Å². The first kappa shape index (κ1) is 13.6. The monoisotopic (exact) mass is 308 g/mol. The number of aromatic hydroxyl groups is 2. The van der Waals surface area contributed by atoms with Crippen LogP contribution in [0, 0.1) is 13.8 Å². The van der Waals surface area contributed by atoms with E-state index in [2.05, 4.69) is 0 Å². The summed E-state index contributed by atoms with van der Waals surface area (Å²) in [6, 6.07) is 6.46. The summed E-state index contributed by atoms with van der Waals surface area (Å²) < 4.78 is 5.50. The SMILES string of the molecule is Cc1c(C)c(O)c2c3c(oc2c1O)C(=O)c1ccccc1C3=O. The van der Waals surface area contributed by atoms with Gasteiger partial charge in [0, 0.05) is 16.7 Å². The van der Waals surface area contributed by atoms with Gasteiger partial charge in [0.05, 0.1) is 10.9 Å². The number of hydrogen-bond donors (Lipinski definition) is 2. The Bertz CT molecular complexity index is 1040. The van der Waals surface area contributed by atoms with Crippen molar-refractivity contribution in [3.63, 3.8) is 0 Å². The summed E-state index contributed by atoms with van der Waals surface area (Å²) in [5, 5.41) is 20.8. The summed E-state index contributed by atoms with van der Waals surface area (Å²) >= 11 is 0. The number of furan rings is 1. The average molecular weight is 308 g/mol. The molecule has 0 atom stereocenters. The Hall–Kier alpha value is -3.08. The van der Waals surface area contributed by atoms with E-state index in [1.165, 1.54) is 0 Å². The molecule has 0 fully saturated rings. The van der Waals surface area contributed by atoms with Gasteiger partial charge >= 0.3 is 0 Å². The maximum absolute atomic E-state index is 12.8. The van der Waals surface area contributed by atoms with E-state index in [9.17, 15) is 19.8 Å². The van der Waals surface area contributed by atoms with Crippen LogP contribution in [0.2, 0.25) is 0 Å². The normalized spacial score (nSPS) is 13.3. The van der Waals surface area contributed by atoms with Crippen LogP contribution in [0.1, 0.15) is 43.2 Å². The van der Waals surface area contributed by atoms with E-state index in [1.54, 1.807) is 38.1 Å². The van der Waals surface area contributed by atoms with Crippen molar-refractivity contribution in [2.45, 2.75) is 13.8 Å². The molecule has 5 heteroatoms. The van der Waals surface area contributed by atoms with E-state index in [4.69, 9.17) is 4.42 Å². The predicted molar refractivity (Wildman–Crippen MR) is 82.3 cm³/mol. The van der Waals surface area contributed by atoms with E-state index >= 15 is 0 Å². The number of carbonyl (C=O) groups is 2. The van der Waals surface area contributed by atoms with Crippen LogP contribution in [0.3, 0.4) is 0 Å². The number of ketones is 2. The first-order valence-corrected chi connectivity index (χ1v) is 7.09. The molecule has 5 nitrogen and oxygen atoms in total. The highest BCUT2D eigenvalue weighted by Crippen LogP contribution is 2.45. The van der Waals surface area contributed by atoms with Crippen molar-refractivity contribution < 1.29 is 24.2 Å². The van der Waals surface area contributed by atoms with Crippen LogP contribution in [0.4, 0.5) is 0 Å². The van der Waals surface area contributed by atoms with E-state index in [0.29, 0.717) is 11.1 Å². The third kappa shape index (κ3) is 1.51. The Kier molecular flexibility index (Phi) is 2.49. The quantitative estimate of drug-likeness (QED) is 0.487. The number of phenolic OH excluding ortho intramolecular Hbond substituents is 2. The summed E-state index contributed by atoms with van der Waals surface area (Å²) in [5.74, 6) is -1.29. The molecule has 2 N–H and O–H groups in total. The molecule has 0 unspecified atom stereocenters. The van der Waals surface area contributed by atoms with Gasteiger partial charge in [0.1, 0.15) is 5.75 Å². The largest absolute Gasteiger partial charge is 0.507 e. The summed E-state index contributed by atoms with van der Waals surface area (Å²) in [7, 11) is 0. The lowest BCUT2D eigenvalue weighted by atomic mass is 9.86. The molecule has 1 heterocycles. The average Bonchev–Trinajstić information content (AvgIpc) is 2.97. The Morgan fingerprint density at radius 1 is 0.870 bits per heavy atom. The van der Waals surface area contributed by atoms with E-state index in [0.717, 1.165) is 0 Å². The highest BCUT2D eigenvalue weighted by atomic mass is 16.4. The first-order chi connectivity index (χ1) is 10.9. The summed E-state index contributed by atoms with van der Waals surface area (Å²) in [6.45, 7) is 3.26. The number of benzene rings is 2. The lowest BCUT2D eigenvalue weighted by Gasteiger charge is -2.13. The van der Waals surface area contributed by atoms with Crippen molar-refractivity contribution >= 4 is 22.5 Å². The van der Waals surface area contributed by atoms with Crippen molar-refractivity contribution in [2.75, 3.05) is 0 Å². The number of rotatable bonds is 0. The first-order valence-electron chi connectivity index (χ1n) is 7.09. The van der Waals surface area contributed by atoms with Crippen molar-refractivity contribution in [3.05, 3.63) is 57.8 Å². The van der Waals surface area contributed by atoms with Crippen molar-refractivity contribution in [2.24, 2.45) is 0 Å². The van der Waals surface area contributed by atoms with Crippen molar-refractivity contribution in [1.29, 1.82) is 0 Å². The maximum atomic E-state index is 12.8. The van der Waals surface area contributed by atoms with Crippen molar-refractivity contribution in [1.82, 2.24) is 0 Å². The molecule has 2 aromatic carbocycles. The van der Waals surface area contributed by atoms with Gasteiger partial charge in [-0.05, 0) is 19.4 Å². The van der Waals surface area contributed by atoms with Gasteiger partial charge < -0.3 is 14.6 Å². The summed E-state index contributed by atoms with van der Waals surface area (Å²) in [5.41, 5.74) is 1.39. The Morgan fingerprint density at radius 2 is 1.43 bits per heavy atom. The van der Waals surface area contributed by atoms with Crippen LogP contribution < -0.4 is 0 Å². The molecular weight excluding hydrogens is 296 g/mol. The molecule has 0 aliphatic heterocycles. The van der Waals surface area contributed by atoms with Gasteiger partial charge in [-0.2, -0.15) is 0 Å². The van der Waals surface area contributed by atoms with E-state index in [1.807, 2.05) is 0 Å². The number of phenols is 2. The standard InChI is InChI=1S/C18H12O5/c1-7-8(2)14(20)17-11(13(7)19)12-15(21)9-5-3-4-6-10(9)16(22)18(12)23-17/h3-6,19-20H,1-2H3. The molecule has 0 amide bonds. The Morgan fingerprint density at radius 3 is 2.09 bits per heavy atom. The number of hydrogen-bond acceptors (Lipinski definition) is 5. The summed E-state index contributed by atoms with van der Waals surface area (Å²) in [6.07, 6.45) is 0. The van der Waals surface area contributed by atoms with Gasteiger partial charge in [0.25, 0.3) is 0 Å². The van der Waals surface area contributed by atoms with E-state index in [-0.39, 0.29) is 44.9 Å². The molecule has 3 aromatic rings. The maximum Gasteiger partial charge on any atom is 0.229 e. The molecule has 0 saturated heterocycles. The molecule has 0 radical (unpaired) electrons. The predicted octanol–water partition coefficient (Wildman–Crippen LogP) is 3.24. The molecule has 0 bridgehead atoms. The topological polar surface area (TPSA) is 87.7 Å². The zero-order valence-electron chi connectivity index (χ0n) is 12.4. The molecule has 1 aliphatic rings. The van der Waals surface area contributed by atoms with Gasteiger partial charge in [-0.1, -0.05) is 24.3 Å². The number of carbonyl (C=O) groups excluding carboxylic acids is 2. The Balaban J connectivity index is 2.19. The zero-order valence-corrected chi connectivity index (χ0v) is 12.4. The minimum Gasteiger partial charge on any atom is -0.507 e. The van der Waals surface area contributed by atoms with Crippen LogP contribution in [0.25, 0.3) is 11.0 Å². The third-order valence-electron chi connectivity index (χ3n) is 4.48. The molecule has 1 aromatic heterocycles. The van der Waals surface area contributed by atoms with E-state index < -0.39 is 11.6 Å². The summed E-state index contributed by atoms with van der Waals surface area (Å²) in [4.78, 5) is 25.4. The lowest BCUT2D eigenvalue weighted by molar-refractivity contribution is 0.0962. The van der Waals surface area contributed by atoms with Crippen molar-refractivity contribution in [3.8, 4) is 11.5 Å². The number of fused-ring (bicyclic) bond motifs is 4. The molecule has 1 aliphatic carbocycles. The third-order valence-corrected chi connectivity index (χ3v) is 4.48. The minimum absolute atomic E-state index is 0.0135. The molecule has 114 valence electrons. The van der Waals surface area contributed by atoms with Crippen LogP contribution in [0.15, 0.2) is 28.7 Å². The molecular formula is C18H12O5. The van der Waals surface area contributed by atoms with Crippen LogP contribution in [0.5, 0.6) is 11.5 Å². The molecule has 4 rings (SSSR count). The zero-order chi connectivity index (χ0) is 16.5. The van der Waals surface area contributed by atoms with Gasteiger partial charge in [-0.3, -0.25) is 9.59 Å². The second-order valence-electron chi connectivity index (χ2n) is 5.66. The molecule has 0 saturated carbocycles. The minimum atomic E-state index is -0.430. The fraction of sp³-hybridized carbons (Fsp3) is 0.111. The fourth-order valence-electron chi connectivity index (χ4n) is 3.05. The highest BCUT2D eigenvalue weighted by molar-refractivity contribution is 6.32. The van der Waals surface area contributed by atoms with Gasteiger partial charge in [-0.25, -0.2) is 0 Å². The Labute approximate surface area is 130 Å². The second-order valence-corrected chi connectivity index (χ2v) is 5.66. The highest BCUT2D eigenvalue weighted by Gasteiger charge is 2.37. The van der Waals surface area contributed by atoms with Crippen LogP contribution in [-0.4, -0.2) is 21.8 Å². The van der Waals surface area contributed by atoms with Crippen LogP contribution in [-0.2, 0) is 0 Å². The molecule has 0 spiro atoms. The lowest BCUT2D eigenvalue weighted by Crippen LogP contribution is -2.19. The van der Waals surface area contributed by atoms with Crippen LogP contribution >= 0.6 is 0 Å². The van der Waals surface area contributed by atoms with Gasteiger partial charge in [0.2, 0.25) is 5.78 Å².